The third-order valence-electron chi connectivity index (χ3n) is 1.95. The molecule has 4 N–H and O–H groups in total. The molecule has 0 saturated carbocycles. The third kappa shape index (κ3) is 1.63. The zero-order chi connectivity index (χ0) is 11.0. The largest absolute Gasteiger partial charge is 0.504 e. The molecule has 0 unspecified atom stereocenters. The maximum atomic E-state index is 9.40. The molecule has 2 rings (SSSR count). The number of nitrogens with zero attached hydrogens (tertiary/aromatic N) is 1. The number of benzene rings is 1. The van der Waals surface area contributed by atoms with Crippen LogP contribution in [0.1, 0.15) is 0 Å². The van der Waals surface area contributed by atoms with Crippen LogP contribution in [0.2, 0.25) is 0 Å². The predicted octanol–water partition coefficient (Wildman–Crippen LogP) is 2.10. The Balaban J connectivity index is 2.60. The second-order valence-corrected chi connectivity index (χ2v) is 3.78. The molecule has 1 heterocycles. The van der Waals surface area contributed by atoms with Crippen LogP contribution < -0.4 is 5.73 Å². The fraction of sp³-hybridized carbons (Fsp3) is 0. The number of nitrogen functional groups attached to an aromatic ring is 1. The molecule has 0 fully saturated rings. The van der Waals surface area contributed by atoms with Crippen molar-refractivity contribution in [1.82, 2.24) is 5.16 Å². The van der Waals surface area contributed by atoms with Crippen LogP contribution in [0, 0.1) is 0 Å². The van der Waals surface area contributed by atoms with Gasteiger partial charge in [-0.3, -0.25) is 0 Å². The minimum absolute atomic E-state index is 0.159. The van der Waals surface area contributed by atoms with Crippen LogP contribution in [0.4, 0.5) is 5.88 Å². The fourth-order valence-electron chi connectivity index (χ4n) is 1.21. The number of aromatic nitrogens is 1. The van der Waals surface area contributed by atoms with Gasteiger partial charge in [-0.15, -0.1) is 0 Å². The zero-order valence-electron chi connectivity index (χ0n) is 7.44. The Bertz CT molecular complexity index is 487. The number of hydrogen-bond donors (Lipinski definition) is 3. The highest BCUT2D eigenvalue weighted by molar-refractivity contribution is 9.10. The Morgan fingerprint density at radius 2 is 2.07 bits per heavy atom. The molecule has 0 saturated heterocycles. The quantitative estimate of drug-likeness (QED) is 0.690. The molecular formula is C9H7BrN2O3. The van der Waals surface area contributed by atoms with Gasteiger partial charge in [0.25, 0.3) is 0 Å². The first-order chi connectivity index (χ1) is 7.09. The molecule has 0 atom stereocenters. The summed E-state index contributed by atoms with van der Waals surface area (Å²) >= 11 is 3.11. The van der Waals surface area contributed by atoms with Gasteiger partial charge in [-0.25, -0.2) is 0 Å². The maximum absolute atomic E-state index is 9.40. The molecule has 0 aliphatic rings. The van der Waals surface area contributed by atoms with E-state index in [0.29, 0.717) is 15.6 Å². The van der Waals surface area contributed by atoms with Gasteiger partial charge in [0.15, 0.2) is 11.5 Å². The molecule has 0 aliphatic heterocycles. The minimum Gasteiger partial charge on any atom is -0.504 e. The van der Waals surface area contributed by atoms with Crippen LogP contribution >= 0.6 is 15.9 Å². The lowest BCUT2D eigenvalue weighted by Crippen LogP contribution is -1.85. The van der Waals surface area contributed by atoms with E-state index < -0.39 is 0 Å². The van der Waals surface area contributed by atoms with Crippen LogP contribution in [0.3, 0.4) is 0 Å². The molecule has 78 valence electrons. The summed E-state index contributed by atoms with van der Waals surface area (Å²) in [4.78, 5) is 0. The van der Waals surface area contributed by atoms with Crippen LogP contribution in [0.15, 0.2) is 27.3 Å². The van der Waals surface area contributed by atoms with Gasteiger partial charge < -0.3 is 20.5 Å². The lowest BCUT2D eigenvalue weighted by Gasteiger charge is -2.03. The molecule has 1 aromatic heterocycles. The number of rotatable bonds is 1. The highest BCUT2D eigenvalue weighted by atomic mass is 79.9. The summed E-state index contributed by atoms with van der Waals surface area (Å²) in [5.74, 6) is -0.291. The Morgan fingerprint density at radius 1 is 1.33 bits per heavy atom. The average molecular weight is 271 g/mol. The summed E-state index contributed by atoms with van der Waals surface area (Å²) in [5, 5.41) is 22.2. The number of nitrogens with two attached hydrogens (primary N) is 1. The summed E-state index contributed by atoms with van der Waals surface area (Å²) in [5.41, 5.74) is 6.69. The van der Waals surface area contributed by atoms with Crippen LogP contribution in [0.25, 0.3) is 11.1 Å². The van der Waals surface area contributed by atoms with E-state index >= 15 is 0 Å². The van der Waals surface area contributed by atoms with Crippen molar-refractivity contribution in [3.05, 3.63) is 22.8 Å². The predicted molar refractivity (Wildman–Crippen MR) is 57.4 cm³/mol. The van der Waals surface area contributed by atoms with Crippen molar-refractivity contribution in [2.75, 3.05) is 5.73 Å². The van der Waals surface area contributed by atoms with Crippen molar-refractivity contribution in [2.24, 2.45) is 0 Å². The van der Waals surface area contributed by atoms with E-state index in [1.807, 2.05) is 0 Å². The molecule has 0 radical (unpaired) electrons. The van der Waals surface area contributed by atoms with Crippen LogP contribution in [0.5, 0.6) is 11.5 Å². The third-order valence-corrected chi connectivity index (χ3v) is 2.56. The maximum Gasteiger partial charge on any atom is 0.229 e. The summed E-state index contributed by atoms with van der Waals surface area (Å²) < 4.78 is 5.07. The molecule has 2 aromatic rings. The molecule has 6 heteroatoms. The topological polar surface area (TPSA) is 92.5 Å². The molecule has 15 heavy (non-hydrogen) atoms. The van der Waals surface area contributed by atoms with Crippen molar-refractivity contribution in [3.63, 3.8) is 0 Å². The Kier molecular flexibility index (Phi) is 2.28. The molecule has 1 aromatic carbocycles. The van der Waals surface area contributed by atoms with E-state index in [1.165, 1.54) is 12.3 Å². The fourth-order valence-corrected chi connectivity index (χ4v) is 1.66. The molecule has 0 bridgehead atoms. The number of halogens is 1. The van der Waals surface area contributed by atoms with Gasteiger partial charge in [0.1, 0.15) is 0 Å². The van der Waals surface area contributed by atoms with E-state index in [0.717, 1.165) is 0 Å². The van der Waals surface area contributed by atoms with Gasteiger partial charge in [0, 0.05) is 0 Å². The van der Waals surface area contributed by atoms with Crippen LogP contribution in [-0.4, -0.2) is 15.4 Å². The number of phenolic OH excluding ortho intramolecular Hbond substituents is 2. The van der Waals surface area contributed by atoms with Gasteiger partial charge in [-0.1, -0.05) is 5.16 Å². The van der Waals surface area contributed by atoms with E-state index in [2.05, 4.69) is 21.1 Å². The summed E-state index contributed by atoms with van der Waals surface area (Å²) in [6.45, 7) is 0. The van der Waals surface area contributed by atoms with Crippen molar-refractivity contribution in [3.8, 4) is 22.6 Å². The van der Waals surface area contributed by atoms with Crippen molar-refractivity contribution < 1.29 is 14.7 Å². The first kappa shape index (κ1) is 9.85. The Hall–Kier alpha value is -1.69. The summed E-state index contributed by atoms with van der Waals surface area (Å²) in [7, 11) is 0. The number of anilines is 1. The van der Waals surface area contributed by atoms with Gasteiger partial charge >= 0.3 is 0 Å². The standard InChI is InChI=1S/C9H7BrN2O3/c10-6-1-4(2-7(13)8(6)14)5-3-12-15-9(5)11/h1-3,13-14H,11H2. The van der Waals surface area contributed by atoms with Gasteiger partial charge in [-0.2, -0.15) is 0 Å². The first-order valence-corrected chi connectivity index (χ1v) is 4.81. The lowest BCUT2D eigenvalue weighted by molar-refractivity contribution is 0.401. The molecule has 0 amide bonds. The van der Waals surface area contributed by atoms with Gasteiger partial charge in [0.2, 0.25) is 5.88 Å². The van der Waals surface area contributed by atoms with Gasteiger partial charge in [0.05, 0.1) is 16.2 Å². The molecular weight excluding hydrogens is 264 g/mol. The number of phenols is 2. The Morgan fingerprint density at radius 3 is 2.60 bits per heavy atom. The molecule has 5 nitrogen and oxygen atoms in total. The first-order valence-electron chi connectivity index (χ1n) is 4.01. The molecule has 0 spiro atoms. The van der Waals surface area contributed by atoms with Crippen LogP contribution in [-0.2, 0) is 0 Å². The monoisotopic (exact) mass is 270 g/mol. The van der Waals surface area contributed by atoms with E-state index in [9.17, 15) is 10.2 Å². The SMILES string of the molecule is Nc1oncc1-c1cc(O)c(O)c(Br)c1. The second-order valence-electron chi connectivity index (χ2n) is 2.93. The highest BCUT2D eigenvalue weighted by Gasteiger charge is 2.12. The number of hydrogen-bond acceptors (Lipinski definition) is 5. The average Bonchev–Trinajstić information content (AvgIpc) is 2.60. The van der Waals surface area contributed by atoms with E-state index in [4.69, 9.17) is 10.3 Å². The van der Waals surface area contributed by atoms with E-state index in [1.54, 1.807) is 6.07 Å². The number of aromatic hydroxyl groups is 2. The second kappa shape index (κ2) is 3.47. The summed E-state index contributed by atoms with van der Waals surface area (Å²) in [6.07, 6.45) is 1.44. The van der Waals surface area contributed by atoms with Gasteiger partial charge in [-0.05, 0) is 33.6 Å². The summed E-state index contributed by atoms with van der Waals surface area (Å²) in [6, 6.07) is 2.99. The molecule has 0 aliphatic carbocycles. The van der Waals surface area contributed by atoms with Crippen molar-refractivity contribution in [2.45, 2.75) is 0 Å². The van der Waals surface area contributed by atoms with E-state index in [-0.39, 0.29) is 17.4 Å². The highest BCUT2D eigenvalue weighted by Crippen LogP contribution is 2.38. The van der Waals surface area contributed by atoms with Crippen molar-refractivity contribution >= 4 is 21.8 Å². The van der Waals surface area contributed by atoms with Crippen molar-refractivity contribution in [1.29, 1.82) is 0 Å². The Labute approximate surface area is 93.2 Å². The zero-order valence-corrected chi connectivity index (χ0v) is 9.02. The lowest BCUT2D eigenvalue weighted by atomic mass is 10.1. The normalized spacial score (nSPS) is 10.5. The smallest absolute Gasteiger partial charge is 0.229 e. The minimum atomic E-state index is -0.236.